The molecular weight excluding hydrogens is 242 g/mol. The lowest BCUT2D eigenvalue weighted by Crippen LogP contribution is -2.30. The molecule has 19 heavy (non-hydrogen) atoms. The highest BCUT2D eigenvalue weighted by molar-refractivity contribution is 5.76. The monoisotopic (exact) mass is 265 g/mol. The third kappa shape index (κ3) is 4.39. The second kappa shape index (κ2) is 6.75. The SMILES string of the molecule is CC1CCCC(CC(=O)NCC(O)c2ccco2)C1. The van der Waals surface area contributed by atoms with E-state index in [9.17, 15) is 9.90 Å². The van der Waals surface area contributed by atoms with Crippen molar-refractivity contribution in [2.24, 2.45) is 11.8 Å². The predicted molar refractivity (Wildman–Crippen MR) is 72.4 cm³/mol. The van der Waals surface area contributed by atoms with Crippen LogP contribution in [0.4, 0.5) is 0 Å². The van der Waals surface area contributed by atoms with Crippen LogP contribution in [-0.2, 0) is 4.79 Å². The van der Waals surface area contributed by atoms with Crippen LogP contribution in [0.1, 0.15) is 50.9 Å². The van der Waals surface area contributed by atoms with E-state index >= 15 is 0 Å². The Balaban J connectivity index is 1.69. The van der Waals surface area contributed by atoms with E-state index in [0.29, 0.717) is 18.1 Å². The van der Waals surface area contributed by atoms with Crippen molar-refractivity contribution in [3.05, 3.63) is 24.2 Å². The average Bonchev–Trinajstić information content (AvgIpc) is 2.90. The summed E-state index contributed by atoms with van der Waals surface area (Å²) in [6.45, 7) is 2.47. The maximum atomic E-state index is 11.8. The zero-order chi connectivity index (χ0) is 13.7. The van der Waals surface area contributed by atoms with Crippen LogP contribution in [0.25, 0.3) is 0 Å². The smallest absolute Gasteiger partial charge is 0.220 e. The third-order valence-corrected chi connectivity index (χ3v) is 3.88. The van der Waals surface area contributed by atoms with Gasteiger partial charge in [0.2, 0.25) is 5.91 Å². The van der Waals surface area contributed by atoms with Crippen molar-refractivity contribution in [1.82, 2.24) is 5.32 Å². The Morgan fingerprint density at radius 2 is 2.42 bits per heavy atom. The highest BCUT2D eigenvalue weighted by atomic mass is 16.4. The molecule has 1 aromatic rings. The summed E-state index contributed by atoms with van der Waals surface area (Å²) in [4.78, 5) is 11.8. The molecule has 1 aliphatic rings. The standard InChI is InChI=1S/C15H23NO3/c1-11-4-2-5-12(8-11)9-15(18)16-10-13(17)14-6-3-7-19-14/h3,6-7,11-13,17H,2,4-5,8-10H2,1H3,(H,16,18). The van der Waals surface area contributed by atoms with Crippen LogP contribution in [0.5, 0.6) is 0 Å². The van der Waals surface area contributed by atoms with Gasteiger partial charge >= 0.3 is 0 Å². The molecule has 0 aliphatic heterocycles. The first kappa shape index (κ1) is 14.1. The normalized spacial score (nSPS) is 24.9. The van der Waals surface area contributed by atoms with E-state index < -0.39 is 6.10 Å². The summed E-state index contributed by atoms with van der Waals surface area (Å²) in [7, 11) is 0. The maximum absolute atomic E-state index is 11.8. The molecule has 1 saturated carbocycles. The van der Waals surface area contributed by atoms with Gasteiger partial charge in [-0.3, -0.25) is 4.79 Å². The fourth-order valence-corrected chi connectivity index (χ4v) is 2.87. The molecule has 0 spiro atoms. The van der Waals surface area contributed by atoms with Crippen LogP contribution in [0.15, 0.2) is 22.8 Å². The Bertz CT molecular complexity index is 388. The minimum absolute atomic E-state index is 0.0321. The molecule has 1 fully saturated rings. The largest absolute Gasteiger partial charge is 0.467 e. The lowest BCUT2D eigenvalue weighted by molar-refractivity contribution is -0.122. The summed E-state index contributed by atoms with van der Waals surface area (Å²) < 4.78 is 5.09. The van der Waals surface area contributed by atoms with E-state index in [-0.39, 0.29) is 12.5 Å². The number of hydrogen-bond acceptors (Lipinski definition) is 3. The minimum atomic E-state index is -0.760. The van der Waals surface area contributed by atoms with Crippen LogP contribution < -0.4 is 5.32 Å². The van der Waals surface area contributed by atoms with Gasteiger partial charge in [0, 0.05) is 6.42 Å². The number of amides is 1. The number of carbonyl (C=O) groups is 1. The topological polar surface area (TPSA) is 62.5 Å². The molecule has 0 aromatic carbocycles. The zero-order valence-electron chi connectivity index (χ0n) is 11.5. The van der Waals surface area contributed by atoms with E-state index in [0.717, 1.165) is 18.8 Å². The van der Waals surface area contributed by atoms with Crippen LogP contribution in [-0.4, -0.2) is 17.6 Å². The van der Waals surface area contributed by atoms with Gasteiger partial charge < -0.3 is 14.8 Å². The number of furan rings is 1. The van der Waals surface area contributed by atoms with Crippen molar-refractivity contribution in [3.63, 3.8) is 0 Å². The molecule has 4 nitrogen and oxygen atoms in total. The Hall–Kier alpha value is -1.29. The number of rotatable bonds is 5. The van der Waals surface area contributed by atoms with Gasteiger partial charge in [0.15, 0.2) is 0 Å². The lowest BCUT2D eigenvalue weighted by atomic mass is 9.81. The van der Waals surface area contributed by atoms with Gasteiger partial charge in [-0.1, -0.05) is 19.8 Å². The summed E-state index contributed by atoms with van der Waals surface area (Å²) in [5.74, 6) is 1.76. The molecular formula is C15H23NO3. The molecule has 1 aliphatic carbocycles. The Labute approximate surface area is 114 Å². The number of nitrogens with one attached hydrogen (secondary N) is 1. The molecule has 0 bridgehead atoms. The van der Waals surface area contributed by atoms with Crippen molar-refractivity contribution in [3.8, 4) is 0 Å². The van der Waals surface area contributed by atoms with Crippen molar-refractivity contribution < 1.29 is 14.3 Å². The molecule has 3 unspecified atom stereocenters. The summed E-state index contributed by atoms with van der Waals surface area (Å²) in [6.07, 6.45) is 6.15. The van der Waals surface area contributed by atoms with Gasteiger partial charge in [-0.2, -0.15) is 0 Å². The molecule has 106 valence electrons. The van der Waals surface area contributed by atoms with Crippen LogP contribution in [0.3, 0.4) is 0 Å². The predicted octanol–water partition coefficient (Wildman–Crippen LogP) is 2.65. The van der Waals surface area contributed by atoms with Crippen LogP contribution in [0.2, 0.25) is 0 Å². The molecule has 1 aromatic heterocycles. The van der Waals surface area contributed by atoms with Gasteiger partial charge in [0.25, 0.3) is 0 Å². The van der Waals surface area contributed by atoms with Gasteiger partial charge in [-0.15, -0.1) is 0 Å². The van der Waals surface area contributed by atoms with E-state index in [4.69, 9.17) is 4.42 Å². The number of aliphatic hydroxyl groups is 1. The second-order valence-corrected chi connectivity index (χ2v) is 5.68. The fourth-order valence-electron chi connectivity index (χ4n) is 2.87. The van der Waals surface area contributed by atoms with Crippen molar-refractivity contribution in [2.45, 2.75) is 45.1 Å². The zero-order valence-corrected chi connectivity index (χ0v) is 11.5. The molecule has 2 rings (SSSR count). The first-order valence-electron chi connectivity index (χ1n) is 7.13. The van der Waals surface area contributed by atoms with E-state index in [1.165, 1.54) is 19.1 Å². The minimum Gasteiger partial charge on any atom is -0.467 e. The van der Waals surface area contributed by atoms with Crippen molar-refractivity contribution in [2.75, 3.05) is 6.54 Å². The fraction of sp³-hybridized carbons (Fsp3) is 0.667. The van der Waals surface area contributed by atoms with Gasteiger partial charge in [0.05, 0.1) is 12.8 Å². The average molecular weight is 265 g/mol. The Morgan fingerprint density at radius 3 is 3.11 bits per heavy atom. The van der Waals surface area contributed by atoms with Crippen molar-refractivity contribution >= 4 is 5.91 Å². The lowest BCUT2D eigenvalue weighted by Gasteiger charge is -2.26. The first-order chi connectivity index (χ1) is 9.15. The van der Waals surface area contributed by atoms with Gasteiger partial charge in [0.1, 0.15) is 11.9 Å². The van der Waals surface area contributed by atoms with Crippen molar-refractivity contribution in [1.29, 1.82) is 0 Å². The molecule has 1 amide bonds. The van der Waals surface area contributed by atoms with E-state index in [1.807, 2.05) is 0 Å². The maximum Gasteiger partial charge on any atom is 0.220 e. The summed E-state index contributed by atoms with van der Waals surface area (Å²) in [5.41, 5.74) is 0. The molecule has 2 N–H and O–H groups in total. The third-order valence-electron chi connectivity index (χ3n) is 3.88. The quantitative estimate of drug-likeness (QED) is 0.860. The molecule has 4 heteroatoms. The highest BCUT2D eigenvalue weighted by Gasteiger charge is 2.21. The first-order valence-corrected chi connectivity index (χ1v) is 7.13. The number of carbonyl (C=O) groups excluding carboxylic acids is 1. The van der Waals surface area contributed by atoms with Gasteiger partial charge in [-0.25, -0.2) is 0 Å². The molecule has 0 saturated heterocycles. The molecule has 1 heterocycles. The Morgan fingerprint density at radius 1 is 1.58 bits per heavy atom. The molecule has 0 radical (unpaired) electrons. The summed E-state index contributed by atoms with van der Waals surface area (Å²) in [6, 6.07) is 3.43. The van der Waals surface area contributed by atoms with Crippen LogP contribution in [0, 0.1) is 11.8 Å². The summed E-state index contributed by atoms with van der Waals surface area (Å²) >= 11 is 0. The van der Waals surface area contributed by atoms with Crippen LogP contribution >= 0.6 is 0 Å². The van der Waals surface area contributed by atoms with E-state index in [2.05, 4.69) is 12.2 Å². The van der Waals surface area contributed by atoms with E-state index in [1.54, 1.807) is 12.1 Å². The highest BCUT2D eigenvalue weighted by Crippen LogP contribution is 2.30. The van der Waals surface area contributed by atoms with Gasteiger partial charge in [-0.05, 0) is 36.8 Å². The second-order valence-electron chi connectivity index (χ2n) is 5.68. The number of hydrogen-bond donors (Lipinski definition) is 2. The summed E-state index contributed by atoms with van der Waals surface area (Å²) in [5, 5.41) is 12.6. The molecule has 3 atom stereocenters. The Kier molecular flexibility index (Phi) is 5.02. The number of aliphatic hydroxyl groups excluding tert-OH is 1.